The van der Waals surface area contributed by atoms with Crippen molar-refractivity contribution in [1.29, 1.82) is 0 Å². The molecule has 8 heteroatoms. The lowest BCUT2D eigenvalue weighted by Gasteiger charge is -2.23. The van der Waals surface area contributed by atoms with E-state index in [1.165, 1.54) is 30.5 Å². The summed E-state index contributed by atoms with van der Waals surface area (Å²) in [6, 6.07) is 7.77. The molecular formula is C15H12F4N2OS. The van der Waals surface area contributed by atoms with Crippen molar-refractivity contribution in [2.45, 2.75) is 11.1 Å². The number of carbonyl (C=O) groups excluding carboxylic acids is 1. The number of benzene rings is 1. The maximum absolute atomic E-state index is 13.5. The van der Waals surface area contributed by atoms with Crippen molar-refractivity contribution in [3.05, 3.63) is 54.0 Å². The van der Waals surface area contributed by atoms with E-state index in [2.05, 4.69) is 4.98 Å². The van der Waals surface area contributed by atoms with Crippen LogP contribution in [0.25, 0.3) is 0 Å². The monoisotopic (exact) mass is 344 g/mol. The van der Waals surface area contributed by atoms with Gasteiger partial charge >= 0.3 is 6.18 Å². The van der Waals surface area contributed by atoms with Gasteiger partial charge in [0.05, 0.1) is 0 Å². The second kappa shape index (κ2) is 6.99. The minimum Gasteiger partial charge on any atom is -0.284 e. The first-order chi connectivity index (χ1) is 10.8. The van der Waals surface area contributed by atoms with Gasteiger partial charge in [0.2, 0.25) is 0 Å². The molecule has 23 heavy (non-hydrogen) atoms. The van der Waals surface area contributed by atoms with Crippen molar-refractivity contribution in [2.24, 2.45) is 0 Å². The van der Waals surface area contributed by atoms with E-state index in [-0.39, 0.29) is 16.3 Å². The molecule has 1 amide bonds. The number of rotatable bonds is 4. The summed E-state index contributed by atoms with van der Waals surface area (Å²) in [6.07, 6.45) is -1.68. The molecule has 0 spiro atoms. The van der Waals surface area contributed by atoms with Gasteiger partial charge in [0.15, 0.2) is 0 Å². The quantitative estimate of drug-likeness (QED) is 0.617. The number of hydrogen-bond donors (Lipinski definition) is 0. The highest BCUT2D eigenvalue weighted by Crippen LogP contribution is 2.25. The Kier molecular flexibility index (Phi) is 5.25. The van der Waals surface area contributed by atoms with Crippen LogP contribution in [0.2, 0.25) is 0 Å². The fourth-order valence-electron chi connectivity index (χ4n) is 1.90. The van der Waals surface area contributed by atoms with Crippen LogP contribution in [-0.2, 0) is 0 Å². The zero-order chi connectivity index (χ0) is 17.0. The SMILES string of the molecule is CSc1cc(C(=O)N(CC(F)(F)F)c2ccccn2)ccc1F. The Morgan fingerprint density at radius 2 is 2.00 bits per heavy atom. The van der Waals surface area contributed by atoms with E-state index < -0.39 is 24.4 Å². The third kappa shape index (κ3) is 4.44. The molecule has 2 aromatic rings. The van der Waals surface area contributed by atoms with E-state index >= 15 is 0 Å². The molecule has 0 N–H and O–H groups in total. The van der Waals surface area contributed by atoms with Gasteiger partial charge < -0.3 is 0 Å². The van der Waals surface area contributed by atoms with Gasteiger partial charge in [0.1, 0.15) is 18.2 Å². The molecule has 0 unspecified atom stereocenters. The summed E-state index contributed by atoms with van der Waals surface area (Å²) in [5.74, 6) is -1.55. The summed E-state index contributed by atoms with van der Waals surface area (Å²) < 4.78 is 51.9. The summed E-state index contributed by atoms with van der Waals surface area (Å²) in [4.78, 5) is 17.0. The van der Waals surface area contributed by atoms with E-state index in [4.69, 9.17) is 0 Å². The van der Waals surface area contributed by atoms with E-state index in [1.807, 2.05) is 0 Å². The number of aromatic nitrogens is 1. The van der Waals surface area contributed by atoms with Gasteiger partial charge in [-0.15, -0.1) is 11.8 Å². The first-order valence-electron chi connectivity index (χ1n) is 6.45. The maximum atomic E-state index is 13.5. The molecule has 0 fully saturated rings. The van der Waals surface area contributed by atoms with Crippen LogP contribution < -0.4 is 4.90 Å². The molecule has 2 rings (SSSR count). The number of hydrogen-bond acceptors (Lipinski definition) is 3. The smallest absolute Gasteiger partial charge is 0.284 e. The van der Waals surface area contributed by atoms with Crippen molar-refractivity contribution in [1.82, 2.24) is 4.98 Å². The Hall–Kier alpha value is -2.09. The molecule has 122 valence electrons. The summed E-state index contributed by atoms with van der Waals surface area (Å²) in [7, 11) is 0. The fraction of sp³-hybridized carbons (Fsp3) is 0.200. The molecule has 0 radical (unpaired) electrons. The molecule has 0 aliphatic rings. The number of alkyl halides is 3. The van der Waals surface area contributed by atoms with E-state index in [9.17, 15) is 22.4 Å². The molecule has 0 atom stereocenters. The third-order valence-electron chi connectivity index (χ3n) is 2.91. The highest BCUT2D eigenvalue weighted by molar-refractivity contribution is 7.98. The predicted molar refractivity (Wildman–Crippen MR) is 80.1 cm³/mol. The van der Waals surface area contributed by atoms with Crippen LogP contribution in [0.5, 0.6) is 0 Å². The maximum Gasteiger partial charge on any atom is 0.406 e. The van der Waals surface area contributed by atoms with Gasteiger partial charge in [-0.05, 0) is 36.6 Å². The largest absolute Gasteiger partial charge is 0.406 e. The Labute approximate surface area is 134 Å². The number of halogens is 4. The molecular weight excluding hydrogens is 332 g/mol. The van der Waals surface area contributed by atoms with Crippen LogP contribution >= 0.6 is 11.8 Å². The number of nitrogens with zero attached hydrogens (tertiary/aromatic N) is 2. The Morgan fingerprint density at radius 1 is 1.26 bits per heavy atom. The van der Waals surface area contributed by atoms with Gasteiger partial charge in [-0.2, -0.15) is 13.2 Å². The van der Waals surface area contributed by atoms with Crippen molar-refractivity contribution in [3.63, 3.8) is 0 Å². The first-order valence-corrected chi connectivity index (χ1v) is 7.67. The predicted octanol–water partition coefficient (Wildman–Crippen LogP) is 4.15. The highest BCUT2D eigenvalue weighted by Gasteiger charge is 2.34. The molecule has 0 aliphatic carbocycles. The van der Waals surface area contributed by atoms with Gasteiger partial charge in [0, 0.05) is 16.7 Å². The number of pyridine rings is 1. The van der Waals surface area contributed by atoms with Crippen LogP contribution in [0, 0.1) is 5.82 Å². The minimum atomic E-state index is -4.59. The summed E-state index contributed by atoms with van der Waals surface area (Å²) in [6.45, 7) is -1.48. The van der Waals surface area contributed by atoms with Gasteiger partial charge in [-0.3, -0.25) is 9.69 Å². The van der Waals surface area contributed by atoms with Crippen LogP contribution in [0.15, 0.2) is 47.5 Å². The molecule has 0 bridgehead atoms. The summed E-state index contributed by atoms with van der Waals surface area (Å²) in [5.41, 5.74) is -0.0364. The zero-order valence-corrected chi connectivity index (χ0v) is 12.8. The standard InChI is InChI=1S/C15H12F4N2OS/c1-23-12-8-10(5-6-11(12)16)14(22)21(9-15(17,18)19)13-4-2-3-7-20-13/h2-8H,9H2,1H3. The molecule has 0 aliphatic heterocycles. The van der Waals surface area contributed by atoms with Gasteiger partial charge in [-0.25, -0.2) is 9.37 Å². The number of anilines is 1. The molecule has 0 saturated carbocycles. The van der Waals surface area contributed by atoms with Crippen molar-refractivity contribution in [3.8, 4) is 0 Å². The van der Waals surface area contributed by atoms with Crippen molar-refractivity contribution in [2.75, 3.05) is 17.7 Å². The topological polar surface area (TPSA) is 33.2 Å². The Balaban J connectivity index is 2.41. The summed E-state index contributed by atoms with van der Waals surface area (Å²) in [5, 5.41) is 0. The normalized spacial score (nSPS) is 11.3. The number of thioether (sulfide) groups is 1. The van der Waals surface area contributed by atoms with E-state index in [0.717, 1.165) is 23.9 Å². The molecule has 1 aromatic heterocycles. The first kappa shape index (κ1) is 17.3. The van der Waals surface area contributed by atoms with Crippen molar-refractivity contribution < 1.29 is 22.4 Å². The van der Waals surface area contributed by atoms with Gasteiger partial charge in [-0.1, -0.05) is 6.07 Å². The van der Waals surface area contributed by atoms with Gasteiger partial charge in [0.25, 0.3) is 5.91 Å². The number of amides is 1. The lowest BCUT2D eigenvalue weighted by atomic mass is 10.2. The Morgan fingerprint density at radius 3 is 2.57 bits per heavy atom. The molecule has 0 saturated heterocycles. The average Bonchev–Trinajstić information content (AvgIpc) is 2.52. The van der Waals surface area contributed by atoms with E-state index in [1.54, 1.807) is 6.26 Å². The molecule has 3 nitrogen and oxygen atoms in total. The van der Waals surface area contributed by atoms with Crippen LogP contribution in [0.4, 0.5) is 23.4 Å². The van der Waals surface area contributed by atoms with Crippen LogP contribution in [0.1, 0.15) is 10.4 Å². The number of carbonyl (C=O) groups is 1. The van der Waals surface area contributed by atoms with E-state index in [0.29, 0.717) is 4.90 Å². The average molecular weight is 344 g/mol. The third-order valence-corrected chi connectivity index (χ3v) is 3.66. The molecule has 1 aromatic carbocycles. The summed E-state index contributed by atoms with van der Waals surface area (Å²) >= 11 is 1.06. The highest BCUT2D eigenvalue weighted by atomic mass is 32.2. The van der Waals surface area contributed by atoms with Crippen LogP contribution in [-0.4, -0.2) is 29.9 Å². The zero-order valence-electron chi connectivity index (χ0n) is 12.0. The second-order valence-corrected chi connectivity index (χ2v) is 5.39. The minimum absolute atomic E-state index is 0.0364. The fourth-order valence-corrected chi connectivity index (χ4v) is 2.41. The Bertz CT molecular complexity index is 692. The molecule has 1 heterocycles. The lowest BCUT2D eigenvalue weighted by molar-refractivity contribution is -0.118. The second-order valence-electron chi connectivity index (χ2n) is 4.54. The lowest BCUT2D eigenvalue weighted by Crippen LogP contribution is -2.39. The van der Waals surface area contributed by atoms with Crippen LogP contribution in [0.3, 0.4) is 0 Å². The van der Waals surface area contributed by atoms with Crippen molar-refractivity contribution >= 4 is 23.5 Å².